The van der Waals surface area contributed by atoms with Crippen LogP contribution in [0.15, 0.2) is 5.38 Å². The Kier molecular flexibility index (Phi) is 4.14. The van der Waals surface area contributed by atoms with E-state index in [4.69, 9.17) is 9.47 Å². The van der Waals surface area contributed by atoms with Crippen LogP contribution >= 0.6 is 11.3 Å². The minimum atomic E-state index is -0.416. The highest BCUT2D eigenvalue weighted by Crippen LogP contribution is 2.24. The Morgan fingerprint density at radius 1 is 1.50 bits per heavy atom. The predicted molar refractivity (Wildman–Crippen MR) is 70.1 cm³/mol. The van der Waals surface area contributed by atoms with Gasteiger partial charge in [0.25, 0.3) is 0 Å². The molecule has 1 aromatic rings. The summed E-state index contributed by atoms with van der Waals surface area (Å²) >= 11 is 1.54. The smallest absolute Gasteiger partial charge is 0.170 e. The molecule has 1 saturated heterocycles. The van der Waals surface area contributed by atoms with Crippen LogP contribution in [-0.2, 0) is 26.1 Å². The minimum absolute atomic E-state index is 0.0300. The van der Waals surface area contributed by atoms with Gasteiger partial charge in [-0.25, -0.2) is 4.98 Å². The highest BCUT2D eigenvalue weighted by molar-refractivity contribution is 7.09. The molecule has 18 heavy (non-hydrogen) atoms. The molecule has 0 amide bonds. The second kappa shape index (κ2) is 5.47. The third-order valence-electron chi connectivity index (χ3n) is 2.82. The second-order valence-corrected chi connectivity index (χ2v) is 6.40. The molecule has 1 unspecified atom stereocenters. The molecule has 1 atom stereocenters. The number of hydrogen-bond donors (Lipinski definition) is 0. The van der Waals surface area contributed by atoms with E-state index in [0.29, 0.717) is 26.2 Å². The van der Waals surface area contributed by atoms with Crippen molar-refractivity contribution in [3.8, 4) is 0 Å². The van der Waals surface area contributed by atoms with Crippen molar-refractivity contribution in [1.29, 1.82) is 0 Å². The van der Waals surface area contributed by atoms with E-state index in [0.717, 1.165) is 10.7 Å². The van der Waals surface area contributed by atoms with Gasteiger partial charge in [-0.1, -0.05) is 20.8 Å². The average molecular weight is 269 g/mol. The Balaban J connectivity index is 1.96. The van der Waals surface area contributed by atoms with Crippen molar-refractivity contribution in [2.45, 2.75) is 38.7 Å². The Morgan fingerprint density at radius 2 is 2.28 bits per heavy atom. The van der Waals surface area contributed by atoms with Crippen LogP contribution in [0.1, 0.15) is 31.5 Å². The second-order valence-electron chi connectivity index (χ2n) is 5.45. The molecule has 2 heterocycles. The van der Waals surface area contributed by atoms with Crippen molar-refractivity contribution in [3.63, 3.8) is 0 Å². The number of carbonyl (C=O) groups excluding carboxylic acids is 1. The van der Waals surface area contributed by atoms with E-state index < -0.39 is 6.10 Å². The average Bonchev–Trinajstić information content (AvgIpc) is 2.78. The molecule has 1 aliphatic rings. The molecule has 2 rings (SSSR count). The van der Waals surface area contributed by atoms with Gasteiger partial charge in [0.05, 0.1) is 31.9 Å². The number of aromatic nitrogens is 1. The summed E-state index contributed by atoms with van der Waals surface area (Å²) in [6.07, 6.45) is -0.0739. The van der Waals surface area contributed by atoms with Crippen molar-refractivity contribution >= 4 is 17.1 Å². The monoisotopic (exact) mass is 269 g/mol. The zero-order valence-electron chi connectivity index (χ0n) is 11.1. The van der Waals surface area contributed by atoms with Gasteiger partial charge < -0.3 is 9.47 Å². The van der Waals surface area contributed by atoms with E-state index in [1.54, 1.807) is 11.3 Å². The van der Waals surface area contributed by atoms with Crippen molar-refractivity contribution in [2.75, 3.05) is 19.8 Å². The standard InChI is InChI=1S/C13H19NO3S/c1-13(2,3)11-8-18-12(14-11)6-9(15)10-7-16-4-5-17-10/h8,10H,4-7H2,1-3H3. The molecule has 0 aromatic carbocycles. The molecule has 5 heteroatoms. The maximum atomic E-state index is 12.0. The van der Waals surface area contributed by atoms with Crippen LogP contribution in [0.25, 0.3) is 0 Å². The first kappa shape index (κ1) is 13.6. The highest BCUT2D eigenvalue weighted by Gasteiger charge is 2.24. The topological polar surface area (TPSA) is 48.4 Å². The number of thiazole rings is 1. The number of ketones is 1. The zero-order valence-corrected chi connectivity index (χ0v) is 11.9. The van der Waals surface area contributed by atoms with Crippen LogP contribution in [0.4, 0.5) is 0 Å². The molecular weight excluding hydrogens is 250 g/mol. The first-order chi connectivity index (χ1) is 8.47. The molecule has 100 valence electrons. The van der Waals surface area contributed by atoms with Gasteiger partial charge in [-0.3, -0.25) is 4.79 Å². The molecule has 0 bridgehead atoms. The summed E-state index contributed by atoms with van der Waals surface area (Å²) in [7, 11) is 0. The fourth-order valence-electron chi connectivity index (χ4n) is 1.67. The third-order valence-corrected chi connectivity index (χ3v) is 3.67. The molecule has 1 aromatic heterocycles. The van der Waals surface area contributed by atoms with Gasteiger partial charge in [0.2, 0.25) is 0 Å². The van der Waals surface area contributed by atoms with Crippen molar-refractivity contribution in [2.24, 2.45) is 0 Å². The lowest BCUT2D eigenvalue weighted by Gasteiger charge is -2.21. The quantitative estimate of drug-likeness (QED) is 0.841. The zero-order chi connectivity index (χ0) is 13.2. The predicted octanol–water partition coefficient (Wildman–Crippen LogP) is 1.97. The summed E-state index contributed by atoms with van der Waals surface area (Å²) in [5, 5.41) is 2.89. The van der Waals surface area contributed by atoms with Crippen LogP contribution in [0.5, 0.6) is 0 Å². The van der Waals surface area contributed by atoms with Gasteiger partial charge in [0.15, 0.2) is 5.78 Å². The van der Waals surface area contributed by atoms with Crippen LogP contribution in [-0.4, -0.2) is 36.7 Å². The molecule has 0 radical (unpaired) electrons. The third kappa shape index (κ3) is 3.37. The van der Waals surface area contributed by atoms with Crippen LogP contribution < -0.4 is 0 Å². The van der Waals surface area contributed by atoms with Crippen molar-refractivity contribution in [1.82, 2.24) is 4.98 Å². The van der Waals surface area contributed by atoms with Gasteiger partial charge in [-0.05, 0) is 0 Å². The largest absolute Gasteiger partial charge is 0.376 e. The first-order valence-corrected chi connectivity index (χ1v) is 7.02. The molecule has 1 fully saturated rings. The van der Waals surface area contributed by atoms with E-state index in [-0.39, 0.29) is 11.2 Å². The Labute approximate surface area is 111 Å². The Morgan fingerprint density at radius 3 is 2.83 bits per heavy atom. The summed E-state index contributed by atoms with van der Waals surface area (Å²) in [5.41, 5.74) is 1.07. The van der Waals surface area contributed by atoms with Crippen LogP contribution in [0, 0.1) is 0 Å². The van der Waals surface area contributed by atoms with Crippen LogP contribution in [0.2, 0.25) is 0 Å². The number of rotatable bonds is 3. The fraction of sp³-hybridized carbons (Fsp3) is 0.692. The minimum Gasteiger partial charge on any atom is -0.376 e. The lowest BCUT2D eigenvalue weighted by molar-refractivity contribution is -0.144. The van der Waals surface area contributed by atoms with Gasteiger partial charge in [0.1, 0.15) is 11.1 Å². The number of Topliss-reactive ketones (excluding diaryl/α,β-unsaturated/α-hetero) is 1. The lowest BCUT2D eigenvalue weighted by Crippen LogP contribution is -2.36. The van der Waals surface area contributed by atoms with Gasteiger partial charge in [-0.2, -0.15) is 0 Å². The molecule has 0 saturated carbocycles. The normalized spacial score (nSPS) is 20.9. The Bertz CT molecular complexity index is 416. The molecule has 0 N–H and O–H groups in total. The van der Waals surface area contributed by atoms with E-state index in [2.05, 4.69) is 25.8 Å². The van der Waals surface area contributed by atoms with E-state index in [9.17, 15) is 4.79 Å². The summed E-state index contributed by atoms with van der Waals surface area (Å²) in [6.45, 7) is 7.80. The van der Waals surface area contributed by atoms with Crippen molar-refractivity contribution in [3.05, 3.63) is 16.1 Å². The molecular formula is C13H19NO3S. The number of nitrogens with zero attached hydrogens (tertiary/aromatic N) is 1. The maximum absolute atomic E-state index is 12.0. The van der Waals surface area contributed by atoms with E-state index in [1.165, 1.54) is 0 Å². The summed E-state index contributed by atoms with van der Waals surface area (Å²) in [4.78, 5) is 16.5. The molecule has 0 spiro atoms. The fourth-order valence-corrected chi connectivity index (χ4v) is 2.70. The first-order valence-electron chi connectivity index (χ1n) is 6.14. The summed E-state index contributed by atoms with van der Waals surface area (Å²) in [6, 6.07) is 0. The molecule has 1 aliphatic heterocycles. The summed E-state index contributed by atoms with van der Waals surface area (Å²) in [5.74, 6) is 0.0597. The molecule has 4 nitrogen and oxygen atoms in total. The van der Waals surface area contributed by atoms with Gasteiger partial charge in [0, 0.05) is 10.8 Å². The van der Waals surface area contributed by atoms with E-state index >= 15 is 0 Å². The Hall–Kier alpha value is -0.780. The summed E-state index contributed by atoms with van der Waals surface area (Å²) < 4.78 is 10.6. The lowest BCUT2D eigenvalue weighted by atomic mass is 9.93. The number of hydrogen-bond acceptors (Lipinski definition) is 5. The molecule has 0 aliphatic carbocycles. The van der Waals surface area contributed by atoms with Crippen LogP contribution in [0.3, 0.4) is 0 Å². The van der Waals surface area contributed by atoms with Gasteiger partial charge >= 0.3 is 0 Å². The van der Waals surface area contributed by atoms with Gasteiger partial charge in [-0.15, -0.1) is 11.3 Å². The van der Waals surface area contributed by atoms with Crippen molar-refractivity contribution < 1.29 is 14.3 Å². The highest BCUT2D eigenvalue weighted by atomic mass is 32.1. The number of carbonyl (C=O) groups is 1. The maximum Gasteiger partial charge on any atom is 0.170 e. The van der Waals surface area contributed by atoms with E-state index in [1.807, 2.05) is 5.38 Å². The SMILES string of the molecule is CC(C)(C)c1csc(CC(=O)C2COCCO2)n1. The number of ether oxygens (including phenoxy) is 2.